The van der Waals surface area contributed by atoms with Gasteiger partial charge in [0.25, 0.3) is 0 Å². The second kappa shape index (κ2) is 5.52. The summed E-state index contributed by atoms with van der Waals surface area (Å²) >= 11 is 9.55. The van der Waals surface area contributed by atoms with Crippen molar-refractivity contribution >= 4 is 33.2 Å². The first-order chi connectivity index (χ1) is 8.15. The van der Waals surface area contributed by atoms with Crippen LogP contribution in [0.15, 0.2) is 41.1 Å². The van der Waals surface area contributed by atoms with Gasteiger partial charge >= 0.3 is 0 Å². The van der Waals surface area contributed by atoms with Crippen LogP contribution in [0.1, 0.15) is 11.1 Å². The number of pyridine rings is 1. The zero-order valence-electron chi connectivity index (χ0n) is 9.37. The van der Waals surface area contributed by atoms with Crippen LogP contribution in [0.25, 0.3) is 0 Å². The maximum absolute atomic E-state index is 6.12. The number of nitrogens with one attached hydrogen (secondary N) is 1. The minimum atomic E-state index is 0.684. The largest absolute Gasteiger partial charge is 0.380 e. The summed E-state index contributed by atoms with van der Waals surface area (Å²) in [4.78, 5) is 4.13. The minimum Gasteiger partial charge on any atom is -0.380 e. The van der Waals surface area contributed by atoms with E-state index in [1.807, 2.05) is 31.3 Å². The molecule has 0 spiro atoms. The van der Waals surface area contributed by atoms with Crippen molar-refractivity contribution in [1.29, 1.82) is 0 Å². The van der Waals surface area contributed by atoms with Crippen LogP contribution in [-0.2, 0) is 6.54 Å². The molecule has 0 fully saturated rings. The van der Waals surface area contributed by atoms with Crippen LogP contribution in [0, 0.1) is 6.92 Å². The van der Waals surface area contributed by atoms with Crippen LogP contribution in [0.3, 0.4) is 0 Å². The predicted octanol–water partition coefficient (Wildman–Crippen LogP) is 4.42. The monoisotopic (exact) mass is 310 g/mol. The van der Waals surface area contributed by atoms with Crippen molar-refractivity contribution in [3.05, 3.63) is 57.3 Å². The van der Waals surface area contributed by atoms with E-state index in [1.54, 1.807) is 6.20 Å². The van der Waals surface area contributed by atoms with Crippen molar-refractivity contribution in [2.75, 3.05) is 5.32 Å². The number of aryl methyl sites for hydroxylation is 1. The molecule has 0 saturated heterocycles. The maximum Gasteiger partial charge on any atom is 0.0532 e. The molecule has 2 aromatic rings. The molecule has 0 aliphatic rings. The molecule has 1 N–H and O–H groups in total. The normalized spacial score (nSPS) is 10.3. The van der Waals surface area contributed by atoms with Gasteiger partial charge in [0.1, 0.15) is 0 Å². The van der Waals surface area contributed by atoms with Gasteiger partial charge in [-0.3, -0.25) is 4.98 Å². The lowest BCUT2D eigenvalue weighted by Gasteiger charge is -2.08. The zero-order valence-corrected chi connectivity index (χ0v) is 11.7. The van der Waals surface area contributed by atoms with E-state index in [-0.39, 0.29) is 0 Å². The number of benzene rings is 1. The topological polar surface area (TPSA) is 24.9 Å². The van der Waals surface area contributed by atoms with E-state index in [1.165, 1.54) is 0 Å². The Morgan fingerprint density at radius 3 is 2.88 bits per heavy atom. The van der Waals surface area contributed by atoms with Crippen LogP contribution in [-0.4, -0.2) is 4.98 Å². The summed E-state index contributed by atoms with van der Waals surface area (Å²) < 4.78 is 1.03. The highest BCUT2D eigenvalue weighted by molar-refractivity contribution is 9.10. The summed E-state index contributed by atoms with van der Waals surface area (Å²) in [5, 5.41) is 4.07. The van der Waals surface area contributed by atoms with E-state index in [2.05, 4.69) is 32.3 Å². The summed E-state index contributed by atoms with van der Waals surface area (Å²) in [5.74, 6) is 0. The van der Waals surface area contributed by atoms with Crippen molar-refractivity contribution < 1.29 is 0 Å². The number of rotatable bonds is 3. The number of hydrogen-bond acceptors (Lipinski definition) is 2. The van der Waals surface area contributed by atoms with E-state index < -0.39 is 0 Å². The molecule has 0 aliphatic heterocycles. The summed E-state index contributed by atoms with van der Waals surface area (Å²) in [6.07, 6.45) is 3.64. The van der Waals surface area contributed by atoms with Crippen LogP contribution in [0.2, 0.25) is 5.02 Å². The number of halogens is 2. The number of hydrogen-bond donors (Lipinski definition) is 1. The van der Waals surface area contributed by atoms with Crippen LogP contribution in [0.4, 0.5) is 5.69 Å². The lowest BCUT2D eigenvalue weighted by molar-refractivity contribution is 1.13. The van der Waals surface area contributed by atoms with Gasteiger partial charge in [0.05, 0.1) is 5.69 Å². The molecule has 0 aliphatic carbocycles. The van der Waals surface area contributed by atoms with E-state index in [0.29, 0.717) is 6.54 Å². The smallest absolute Gasteiger partial charge is 0.0532 e. The van der Waals surface area contributed by atoms with Gasteiger partial charge in [-0.15, -0.1) is 0 Å². The highest BCUT2D eigenvalue weighted by Crippen LogP contribution is 2.22. The van der Waals surface area contributed by atoms with Crippen molar-refractivity contribution in [3.8, 4) is 0 Å². The molecule has 2 nitrogen and oxygen atoms in total. The van der Waals surface area contributed by atoms with Crippen LogP contribution >= 0.6 is 27.5 Å². The lowest BCUT2D eigenvalue weighted by atomic mass is 10.2. The third-order valence-electron chi connectivity index (χ3n) is 2.37. The van der Waals surface area contributed by atoms with Crippen molar-refractivity contribution in [2.45, 2.75) is 13.5 Å². The Kier molecular flexibility index (Phi) is 4.02. The van der Waals surface area contributed by atoms with Gasteiger partial charge in [0, 0.05) is 28.4 Å². The molecule has 88 valence electrons. The van der Waals surface area contributed by atoms with Crippen molar-refractivity contribution in [2.24, 2.45) is 0 Å². The van der Waals surface area contributed by atoms with Gasteiger partial charge in [-0.25, -0.2) is 0 Å². The summed E-state index contributed by atoms with van der Waals surface area (Å²) in [6, 6.07) is 7.88. The van der Waals surface area contributed by atoms with Crippen molar-refractivity contribution in [3.63, 3.8) is 0 Å². The quantitative estimate of drug-likeness (QED) is 0.907. The standard InChI is InChI=1S/C13H12BrClN2/c1-9-4-12(8-16-6-9)17-7-10-5-11(14)2-3-13(10)15/h2-6,8,17H,7H2,1H3. The van der Waals surface area contributed by atoms with E-state index in [4.69, 9.17) is 11.6 Å². The summed E-state index contributed by atoms with van der Waals surface area (Å²) in [5.41, 5.74) is 3.19. The molecule has 1 heterocycles. The molecule has 0 unspecified atom stereocenters. The SMILES string of the molecule is Cc1cncc(NCc2cc(Br)ccc2Cl)c1. The van der Waals surface area contributed by atoms with Gasteiger partial charge in [-0.2, -0.15) is 0 Å². The first-order valence-corrected chi connectivity index (χ1v) is 6.42. The Hall–Kier alpha value is -1.06. The second-order valence-corrected chi connectivity index (χ2v) is 5.16. The molecule has 0 atom stereocenters. The van der Waals surface area contributed by atoms with E-state index in [9.17, 15) is 0 Å². The van der Waals surface area contributed by atoms with Gasteiger partial charge in [-0.05, 0) is 42.3 Å². The first kappa shape index (κ1) is 12.4. The number of anilines is 1. The molecule has 1 aromatic heterocycles. The minimum absolute atomic E-state index is 0.684. The molecular formula is C13H12BrClN2. The second-order valence-electron chi connectivity index (χ2n) is 3.84. The number of aromatic nitrogens is 1. The van der Waals surface area contributed by atoms with E-state index in [0.717, 1.165) is 26.3 Å². The molecule has 0 amide bonds. The highest BCUT2D eigenvalue weighted by atomic mass is 79.9. The Morgan fingerprint density at radius 2 is 2.12 bits per heavy atom. The summed E-state index contributed by atoms with van der Waals surface area (Å²) in [7, 11) is 0. The fraction of sp³-hybridized carbons (Fsp3) is 0.154. The third-order valence-corrected chi connectivity index (χ3v) is 3.23. The molecule has 2 rings (SSSR count). The predicted molar refractivity (Wildman–Crippen MR) is 75.5 cm³/mol. The molecule has 4 heteroatoms. The fourth-order valence-electron chi connectivity index (χ4n) is 1.53. The van der Waals surface area contributed by atoms with Gasteiger partial charge < -0.3 is 5.32 Å². The van der Waals surface area contributed by atoms with E-state index >= 15 is 0 Å². The van der Waals surface area contributed by atoms with Crippen molar-refractivity contribution in [1.82, 2.24) is 4.98 Å². The first-order valence-electron chi connectivity index (χ1n) is 5.24. The molecule has 0 bridgehead atoms. The number of nitrogens with zero attached hydrogens (tertiary/aromatic N) is 1. The summed E-state index contributed by atoms with van der Waals surface area (Å²) in [6.45, 7) is 2.70. The fourth-order valence-corrected chi connectivity index (χ4v) is 2.12. The average Bonchev–Trinajstić information content (AvgIpc) is 2.30. The molecule has 1 aromatic carbocycles. The highest BCUT2D eigenvalue weighted by Gasteiger charge is 2.01. The Labute approximate surface area is 114 Å². The third kappa shape index (κ3) is 3.45. The molecule has 0 radical (unpaired) electrons. The Balaban J connectivity index is 2.09. The molecule has 0 saturated carbocycles. The molecular weight excluding hydrogens is 300 g/mol. The van der Waals surface area contributed by atoms with Crippen LogP contribution in [0.5, 0.6) is 0 Å². The molecule has 17 heavy (non-hydrogen) atoms. The average molecular weight is 312 g/mol. The van der Waals surface area contributed by atoms with Gasteiger partial charge in [0.15, 0.2) is 0 Å². The zero-order chi connectivity index (χ0) is 12.3. The van der Waals surface area contributed by atoms with Gasteiger partial charge in [0.2, 0.25) is 0 Å². The van der Waals surface area contributed by atoms with Gasteiger partial charge in [-0.1, -0.05) is 27.5 Å². The lowest BCUT2D eigenvalue weighted by Crippen LogP contribution is -2.00. The maximum atomic E-state index is 6.12. The Morgan fingerprint density at radius 1 is 1.29 bits per heavy atom. The van der Waals surface area contributed by atoms with Crippen LogP contribution < -0.4 is 5.32 Å². The Bertz CT molecular complexity index is 529.